The van der Waals surface area contributed by atoms with E-state index in [2.05, 4.69) is 10.3 Å². The molecule has 1 atom stereocenters. The van der Waals surface area contributed by atoms with Gasteiger partial charge in [-0.1, -0.05) is 6.07 Å². The molecule has 0 aliphatic carbocycles. The summed E-state index contributed by atoms with van der Waals surface area (Å²) in [5.41, 5.74) is 8.25. The van der Waals surface area contributed by atoms with Gasteiger partial charge in [-0.25, -0.2) is 4.79 Å². The van der Waals surface area contributed by atoms with E-state index in [9.17, 15) is 4.79 Å². The summed E-state index contributed by atoms with van der Waals surface area (Å²) in [5, 5.41) is 3.28. The van der Waals surface area contributed by atoms with Crippen LogP contribution in [-0.4, -0.2) is 17.6 Å². The fourth-order valence-corrected chi connectivity index (χ4v) is 2.17. The second-order valence-electron chi connectivity index (χ2n) is 5.64. The van der Waals surface area contributed by atoms with Gasteiger partial charge in [0.15, 0.2) is 5.58 Å². The summed E-state index contributed by atoms with van der Waals surface area (Å²) < 4.78 is 5.09. The van der Waals surface area contributed by atoms with Crippen LogP contribution in [0.2, 0.25) is 0 Å². The molecule has 1 aromatic heterocycles. The minimum absolute atomic E-state index is 0.181. The zero-order valence-electron chi connectivity index (χ0n) is 11.6. The molecule has 2 aromatic rings. The number of aromatic nitrogens is 1. The number of fused-ring (bicyclic) bond motifs is 1. The van der Waals surface area contributed by atoms with Gasteiger partial charge in [-0.15, -0.1) is 0 Å². The van der Waals surface area contributed by atoms with Crippen LogP contribution in [0.1, 0.15) is 38.3 Å². The van der Waals surface area contributed by atoms with E-state index in [4.69, 9.17) is 10.2 Å². The zero-order chi connectivity index (χ0) is 14.0. The van der Waals surface area contributed by atoms with Crippen molar-refractivity contribution in [2.75, 3.05) is 7.05 Å². The van der Waals surface area contributed by atoms with Gasteiger partial charge in [-0.05, 0) is 51.4 Å². The Morgan fingerprint density at radius 2 is 2.21 bits per heavy atom. The average Bonchev–Trinajstić information content (AvgIpc) is 2.67. The third-order valence-electron chi connectivity index (χ3n) is 3.27. The van der Waals surface area contributed by atoms with Crippen molar-refractivity contribution in [2.24, 2.45) is 5.73 Å². The second kappa shape index (κ2) is 5.19. The van der Waals surface area contributed by atoms with Crippen molar-refractivity contribution in [3.63, 3.8) is 0 Å². The molecule has 4 N–H and O–H groups in total. The van der Waals surface area contributed by atoms with Crippen LogP contribution < -0.4 is 16.8 Å². The summed E-state index contributed by atoms with van der Waals surface area (Å²) in [4.78, 5) is 13.8. The SMILES string of the molecule is CNC(CCC(C)(C)N)c1ccc2[nH]c(=O)oc2c1. The number of hydrogen-bond donors (Lipinski definition) is 3. The van der Waals surface area contributed by atoms with Crippen LogP contribution in [0.25, 0.3) is 11.1 Å². The minimum atomic E-state index is -0.420. The lowest BCUT2D eigenvalue weighted by atomic mass is 9.93. The third kappa shape index (κ3) is 3.45. The van der Waals surface area contributed by atoms with Gasteiger partial charge in [0.1, 0.15) is 0 Å². The Morgan fingerprint density at radius 1 is 1.47 bits per heavy atom. The van der Waals surface area contributed by atoms with E-state index >= 15 is 0 Å². The summed E-state index contributed by atoms with van der Waals surface area (Å²) in [5.74, 6) is -0.420. The van der Waals surface area contributed by atoms with E-state index in [1.54, 1.807) is 0 Å². The largest absolute Gasteiger partial charge is 0.417 e. The Labute approximate surface area is 112 Å². The maximum absolute atomic E-state index is 11.1. The quantitative estimate of drug-likeness (QED) is 0.769. The number of benzene rings is 1. The monoisotopic (exact) mass is 263 g/mol. The van der Waals surface area contributed by atoms with Crippen molar-refractivity contribution in [3.8, 4) is 0 Å². The number of hydrogen-bond acceptors (Lipinski definition) is 4. The molecular formula is C14H21N3O2. The fraction of sp³-hybridized carbons (Fsp3) is 0.500. The Bertz CT molecular complexity index is 607. The van der Waals surface area contributed by atoms with Crippen LogP contribution in [0.15, 0.2) is 27.4 Å². The zero-order valence-corrected chi connectivity index (χ0v) is 11.6. The topological polar surface area (TPSA) is 84.0 Å². The number of nitrogens with one attached hydrogen (secondary N) is 2. The van der Waals surface area contributed by atoms with Crippen molar-refractivity contribution >= 4 is 11.1 Å². The minimum Gasteiger partial charge on any atom is -0.408 e. The molecule has 5 nitrogen and oxygen atoms in total. The van der Waals surface area contributed by atoms with Crippen molar-refractivity contribution in [3.05, 3.63) is 34.3 Å². The Kier molecular flexibility index (Phi) is 3.78. The molecule has 0 amide bonds. The van der Waals surface area contributed by atoms with Gasteiger partial charge in [-0.3, -0.25) is 4.98 Å². The first kappa shape index (κ1) is 13.8. The number of oxazole rings is 1. The highest BCUT2D eigenvalue weighted by molar-refractivity contribution is 5.72. The van der Waals surface area contributed by atoms with Crippen molar-refractivity contribution in [1.82, 2.24) is 10.3 Å². The molecule has 0 aliphatic heterocycles. The fourth-order valence-electron chi connectivity index (χ4n) is 2.17. The first-order chi connectivity index (χ1) is 8.89. The van der Waals surface area contributed by atoms with Gasteiger partial charge >= 0.3 is 5.76 Å². The Balaban J connectivity index is 2.22. The van der Waals surface area contributed by atoms with Gasteiger partial charge in [-0.2, -0.15) is 0 Å². The van der Waals surface area contributed by atoms with Gasteiger partial charge in [0, 0.05) is 11.6 Å². The highest BCUT2D eigenvalue weighted by Gasteiger charge is 2.16. The van der Waals surface area contributed by atoms with E-state index in [0.29, 0.717) is 5.58 Å². The molecule has 0 aliphatic rings. The molecule has 0 saturated heterocycles. The highest BCUT2D eigenvalue weighted by atomic mass is 16.4. The molecule has 5 heteroatoms. The molecule has 0 bridgehead atoms. The number of nitrogens with two attached hydrogens (primary N) is 1. The highest BCUT2D eigenvalue weighted by Crippen LogP contribution is 2.24. The summed E-state index contributed by atoms with van der Waals surface area (Å²) in [6, 6.07) is 5.97. The standard InChI is InChI=1S/C14H21N3O2/c1-14(2,15)7-6-10(16-3)9-4-5-11-12(8-9)19-13(18)17-11/h4-5,8,10,16H,6-7,15H2,1-3H3,(H,17,18). The van der Waals surface area contributed by atoms with E-state index in [0.717, 1.165) is 23.9 Å². The van der Waals surface area contributed by atoms with Crippen LogP contribution in [0.4, 0.5) is 0 Å². The first-order valence-electron chi connectivity index (χ1n) is 6.48. The molecule has 0 fully saturated rings. The molecule has 2 rings (SSSR count). The molecule has 1 unspecified atom stereocenters. The lowest BCUT2D eigenvalue weighted by molar-refractivity contribution is 0.411. The normalized spacial score (nSPS) is 13.9. The van der Waals surface area contributed by atoms with Crippen molar-refractivity contribution in [1.29, 1.82) is 0 Å². The van der Waals surface area contributed by atoms with E-state index in [-0.39, 0.29) is 11.6 Å². The van der Waals surface area contributed by atoms with Gasteiger partial charge < -0.3 is 15.5 Å². The lowest BCUT2D eigenvalue weighted by Gasteiger charge is -2.23. The van der Waals surface area contributed by atoms with Crippen LogP contribution in [0.3, 0.4) is 0 Å². The third-order valence-corrected chi connectivity index (χ3v) is 3.27. The van der Waals surface area contributed by atoms with Crippen molar-refractivity contribution in [2.45, 2.75) is 38.3 Å². The van der Waals surface area contributed by atoms with Crippen LogP contribution in [0, 0.1) is 0 Å². The molecular weight excluding hydrogens is 242 g/mol. The number of rotatable bonds is 5. The van der Waals surface area contributed by atoms with Crippen molar-refractivity contribution < 1.29 is 4.42 Å². The van der Waals surface area contributed by atoms with E-state index in [1.807, 2.05) is 39.1 Å². The van der Waals surface area contributed by atoms with Crippen LogP contribution >= 0.6 is 0 Å². The predicted octanol–water partition coefficient (Wildman–Crippen LogP) is 1.90. The smallest absolute Gasteiger partial charge is 0.408 e. The second-order valence-corrected chi connectivity index (χ2v) is 5.64. The maximum atomic E-state index is 11.1. The summed E-state index contributed by atoms with van der Waals surface area (Å²) >= 11 is 0. The Morgan fingerprint density at radius 3 is 2.84 bits per heavy atom. The summed E-state index contributed by atoms with van der Waals surface area (Å²) in [6.45, 7) is 4.04. The molecule has 0 radical (unpaired) electrons. The van der Waals surface area contributed by atoms with Gasteiger partial charge in [0.2, 0.25) is 0 Å². The van der Waals surface area contributed by atoms with E-state index in [1.165, 1.54) is 0 Å². The van der Waals surface area contributed by atoms with Crippen LogP contribution in [-0.2, 0) is 0 Å². The molecule has 104 valence electrons. The molecule has 0 spiro atoms. The summed E-state index contributed by atoms with van der Waals surface area (Å²) in [6.07, 6.45) is 1.84. The van der Waals surface area contributed by atoms with Gasteiger partial charge in [0.25, 0.3) is 0 Å². The first-order valence-corrected chi connectivity index (χ1v) is 6.48. The average molecular weight is 263 g/mol. The molecule has 19 heavy (non-hydrogen) atoms. The maximum Gasteiger partial charge on any atom is 0.417 e. The molecule has 1 heterocycles. The molecule has 1 aromatic carbocycles. The number of H-pyrrole nitrogens is 1. The molecule has 0 saturated carbocycles. The predicted molar refractivity (Wildman–Crippen MR) is 76.1 cm³/mol. The Hall–Kier alpha value is -1.59. The number of aromatic amines is 1. The summed E-state index contributed by atoms with van der Waals surface area (Å²) in [7, 11) is 1.92. The lowest BCUT2D eigenvalue weighted by Crippen LogP contribution is -2.33. The van der Waals surface area contributed by atoms with Crippen LogP contribution in [0.5, 0.6) is 0 Å². The van der Waals surface area contributed by atoms with E-state index < -0.39 is 5.76 Å². The van der Waals surface area contributed by atoms with Gasteiger partial charge in [0.05, 0.1) is 5.52 Å².